The van der Waals surface area contributed by atoms with Crippen molar-refractivity contribution in [2.75, 3.05) is 0 Å². The number of allylic oxidation sites excluding steroid dienone is 1. The average Bonchev–Trinajstić information content (AvgIpc) is 2.09. The molecule has 1 rings (SSSR count). The summed E-state index contributed by atoms with van der Waals surface area (Å²) in [5.41, 5.74) is 0.659. The summed E-state index contributed by atoms with van der Waals surface area (Å²) in [6.07, 6.45) is 4.50. The van der Waals surface area contributed by atoms with Gasteiger partial charge in [-0.3, -0.25) is 0 Å². The molecule has 0 aromatic heterocycles. The fourth-order valence-electron chi connectivity index (χ4n) is 0.908. The number of halogens is 1. The lowest BCUT2D eigenvalue weighted by molar-refractivity contribution is -0.107. The zero-order valence-electron chi connectivity index (χ0n) is 6.90. The summed E-state index contributed by atoms with van der Waals surface area (Å²) in [7, 11) is 0. The highest BCUT2D eigenvalue weighted by molar-refractivity contribution is 6.30. The molecule has 0 saturated carbocycles. The first-order chi connectivity index (χ1) is 6.24. The number of phenolic OH excluding ortho intramolecular Hbond substituents is 1. The van der Waals surface area contributed by atoms with Gasteiger partial charge in [0.2, 0.25) is 0 Å². The third kappa shape index (κ3) is 2.92. The maximum atomic E-state index is 10.00. The summed E-state index contributed by atoms with van der Waals surface area (Å²) in [4.78, 5) is 10.00. The summed E-state index contributed by atoms with van der Waals surface area (Å²) in [5, 5.41) is 9.86. The van der Waals surface area contributed by atoms with E-state index in [-0.39, 0.29) is 5.75 Å². The van der Waals surface area contributed by atoms with Crippen molar-refractivity contribution in [2.45, 2.75) is 6.42 Å². The second-order valence-electron chi connectivity index (χ2n) is 2.51. The number of hydrogen-bond acceptors (Lipinski definition) is 2. The van der Waals surface area contributed by atoms with Crippen LogP contribution in [0.25, 0.3) is 6.08 Å². The van der Waals surface area contributed by atoms with Crippen LogP contribution in [-0.4, -0.2) is 11.4 Å². The Labute approximate surface area is 81.5 Å². The predicted molar refractivity (Wildman–Crippen MR) is 52.8 cm³/mol. The van der Waals surface area contributed by atoms with E-state index in [2.05, 4.69) is 0 Å². The van der Waals surface area contributed by atoms with Crippen LogP contribution < -0.4 is 0 Å². The van der Waals surface area contributed by atoms with E-state index < -0.39 is 0 Å². The Hall–Kier alpha value is -1.28. The summed E-state index contributed by atoms with van der Waals surface area (Å²) in [5.74, 6) is 0.120. The first kappa shape index (κ1) is 9.81. The lowest BCUT2D eigenvalue weighted by atomic mass is 10.2. The third-order valence-corrected chi connectivity index (χ3v) is 1.76. The largest absolute Gasteiger partial charge is 0.507 e. The summed E-state index contributed by atoms with van der Waals surface area (Å²) < 4.78 is 0. The van der Waals surface area contributed by atoms with Crippen molar-refractivity contribution in [3.63, 3.8) is 0 Å². The van der Waals surface area contributed by atoms with Crippen LogP contribution in [0.3, 0.4) is 0 Å². The first-order valence-electron chi connectivity index (χ1n) is 3.82. The van der Waals surface area contributed by atoms with Gasteiger partial charge in [0.15, 0.2) is 0 Å². The Morgan fingerprint density at radius 2 is 2.23 bits per heavy atom. The minimum atomic E-state index is 0.120. The van der Waals surface area contributed by atoms with Gasteiger partial charge in [0.1, 0.15) is 12.0 Å². The average molecular weight is 197 g/mol. The predicted octanol–water partition coefficient (Wildman–Crippen LogP) is 2.65. The van der Waals surface area contributed by atoms with Crippen molar-refractivity contribution >= 4 is 24.0 Å². The molecular formula is C10H9ClO2. The first-order valence-corrected chi connectivity index (χ1v) is 4.20. The van der Waals surface area contributed by atoms with Gasteiger partial charge in [-0.15, -0.1) is 0 Å². The normalized spacial score (nSPS) is 10.5. The van der Waals surface area contributed by atoms with Gasteiger partial charge in [-0.25, -0.2) is 0 Å². The Bertz CT molecular complexity index is 332. The van der Waals surface area contributed by atoms with Crippen molar-refractivity contribution in [2.24, 2.45) is 0 Å². The number of benzene rings is 1. The van der Waals surface area contributed by atoms with Crippen LogP contribution in [0.5, 0.6) is 5.75 Å². The number of aldehydes is 1. The zero-order valence-corrected chi connectivity index (χ0v) is 7.66. The van der Waals surface area contributed by atoms with E-state index >= 15 is 0 Å². The molecule has 2 nitrogen and oxygen atoms in total. The molecule has 0 aliphatic rings. The van der Waals surface area contributed by atoms with Crippen molar-refractivity contribution in [3.05, 3.63) is 34.9 Å². The van der Waals surface area contributed by atoms with Crippen LogP contribution in [0, 0.1) is 0 Å². The number of rotatable bonds is 3. The van der Waals surface area contributed by atoms with Gasteiger partial charge < -0.3 is 9.90 Å². The zero-order chi connectivity index (χ0) is 9.68. The lowest BCUT2D eigenvalue weighted by Crippen LogP contribution is -1.75. The second kappa shape index (κ2) is 4.67. The molecule has 0 atom stereocenters. The molecule has 1 N–H and O–H groups in total. The molecule has 68 valence electrons. The Morgan fingerprint density at radius 3 is 2.85 bits per heavy atom. The van der Waals surface area contributed by atoms with Crippen molar-refractivity contribution in [3.8, 4) is 5.75 Å². The van der Waals surface area contributed by atoms with Gasteiger partial charge in [0.25, 0.3) is 0 Å². The minimum Gasteiger partial charge on any atom is -0.507 e. The van der Waals surface area contributed by atoms with E-state index in [1.54, 1.807) is 24.3 Å². The molecule has 0 spiro atoms. The van der Waals surface area contributed by atoms with Crippen molar-refractivity contribution < 1.29 is 9.90 Å². The van der Waals surface area contributed by atoms with E-state index in [1.165, 1.54) is 6.07 Å². The van der Waals surface area contributed by atoms with E-state index in [1.807, 2.05) is 0 Å². The molecule has 0 saturated heterocycles. The Morgan fingerprint density at radius 1 is 1.46 bits per heavy atom. The van der Waals surface area contributed by atoms with Gasteiger partial charge >= 0.3 is 0 Å². The molecule has 0 aliphatic carbocycles. The van der Waals surface area contributed by atoms with Crippen molar-refractivity contribution in [1.29, 1.82) is 0 Å². The van der Waals surface area contributed by atoms with Gasteiger partial charge in [-0.1, -0.05) is 23.8 Å². The molecule has 0 unspecified atom stereocenters. The molecule has 3 heteroatoms. The van der Waals surface area contributed by atoms with Crippen LogP contribution in [0.4, 0.5) is 0 Å². The van der Waals surface area contributed by atoms with Crippen LogP contribution in [0.2, 0.25) is 5.02 Å². The molecule has 1 aromatic carbocycles. The van der Waals surface area contributed by atoms with Gasteiger partial charge in [-0.2, -0.15) is 0 Å². The highest BCUT2D eigenvalue weighted by Crippen LogP contribution is 2.22. The van der Waals surface area contributed by atoms with E-state index in [4.69, 9.17) is 11.6 Å². The molecular weight excluding hydrogens is 188 g/mol. The lowest BCUT2D eigenvalue weighted by Gasteiger charge is -1.98. The van der Waals surface area contributed by atoms with Gasteiger partial charge in [0, 0.05) is 17.0 Å². The number of phenols is 1. The third-order valence-electron chi connectivity index (χ3n) is 1.52. The number of carbonyl (C=O) groups excluding carboxylic acids is 1. The van der Waals surface area contributed by atoms with Crippen LogP contribution in [-0.2, 0) is 4.79 Å². The van der Waals surface area contributed by atoms with E-state index in [0.29, 0.717) is 17.0 Å². The fraction of sp³-hybridized carbons (Fsp3) is 0.100. The Balaban J connectivity index is 2.83. The van der Waals surface area contributed by atoms with E-state index in [9.17, 15) is 9.90 Å². The van der Waals surface area contributed by atoms with E-state index in [0.717, 1.165) is 6.29 Å². The number of aromatic hydroxyl groups is 1. The summed E-state index contributed by atoms with van der Waals surface area (Å²) in [6.45, 7) is 0. The highest BCUT2D eigenvalue weighted by Gasteiger charge is 1.96. The molecule has 1 aromatic rings. The number of carbonyl (C=O) groups is 1. The second-order valence-corrected chi connectivity index (χ2v) is 2.94. The maximum Gasteiger partial charge on any atom is 0.124 e. The molecule has 0 radical (unpaired) electrons. The molecule has 0 heterocycles. The Kier molecular flexibility index (Phi) is 3.53. The SMILES string of the molecule is O=CCC=Cc1ccc(Cl)cc1O. The smallest absolute Gasteiger partial charge is 0.124 e. The molecule has 0 bridgehead atoms. The number of hydrogen-bond donors (Lipinski definition) is 1. The van der Waals surface area contributed by atoms with Crippen LogP contribution in [0.15, 0.2) is 24.3 Å². The topological polar surface area (TPSA) is 37.3 Å². The molecule has 0 amide bonds. The minimum absolute atomic E-state index is 0.120. The molecule has 13 heavy (non-hydrogen) atoms. The quantitative estimate of drug-likeness (QED) is 0.755. The van der Waals surface area contributed by atoms with Crippen molar-refractivity contribution in [1.82, 2.24) is 0 Å². The van der Waals surface area contributed by atoms with Crippen LogP contribution >= 0.6 is 11.6 Å². The maximum absolute atomic E-state index is 10.00. The fourth-order valence-corrected chi connectivity index (χ4v) is 1.07. The highest BCUT2D eigenvalue weighted by atomic mass is 35.5. The van der Waals surface area contributed by atoms with Gasteiger partial charge in [0.05, 0.1) is 0 Å². The van der Waals surface area contributed by atoms with Gasteiger partial charge in [-0.05, 0) is 18.2 Å². The summed E-state index contributed by atoms with van der Waals surface area (Å²) >= 11 is 5.64. The van der Waals surface area contributed by atoms with Crippen LogP contribution in [0.1, 0.15) is 12.0 Å². The molecule has 0 fully saturated rings. The monoisotopic (exact) mass is 196 g/mol. The molecule has 0 aliphatic heterocycles. The summed E-state index contributed by atoms with van der Waals surface area (Å²) in [6, 6.07) is 4.84. The standard InChI is InChI=1S/C10H9ClO2/c11-9-5-4-8(10(13)7-9)3-1-2-6-12/h1,3-7,13H,2H2.